The number of rotatable bonds is 3. The number of piperazine rings is 1. The molecule has 0 aliphatic carbocycles. The summed E-state index contributed by atoms with van der Waals surface area (Å²) in [5.41, 5.74) is 0.126. The van der Waals surface area contributed by atoms with Crippen molar-refractivity contribution in [1.82, 2.24) is 19.9 Å². The Hall–Kier alpha value is -2.28. The van der Waals surface area contributed by atoms with Gasteiger partial charge in [-0.1, -0.05) is 17.3 Å². The van der Waals surface area contributed by atoms with Gasteiger partial charge in [0.25, 0.3) is 5.91 Å². The van der Waals surface area contributed by atoms with Gasteiger partial charge < -0.3 is 9.42 Å². The molecule has 1 aromatic heterocycles. The van der Waals surface area contributed by atoms with Gasteiger partial charge in [0.05, 0.1) is 11.6 Å². The van der Waals surface area contributed by atoms with Gasteiger partial charge >= 0.3 is 0 Å². The highest BCUT2D eigenvalue weighted by Crippen LogP contribution is 2.21. The van der Waals surface area contributed by atoms with E-state index in [1.807, 2.05) is 6.92 Å². The van der Waals surface area contributed by atoms with Crippen molar-refractivity contribution in [2.24, 2.45) is 0 Å². The van der Waals surface area contributed by atoms with E-state index in [1.54, 1.807) is 24.0 Å². The zero-order valence-corrected chi connectivity index (χ0v) is 13.2. The molecule has 1 saturated heterocycles. The Labute approximate surface area is 133 Å². The minimum absolute atomic E-state index is 0.00177. The molecule has 23 heavy (non-hydrogen) atoms. The molecule has 0 saturated carbocycles. The minimum atomic E-state index is -0.477. The van der Waals surface area contributed by atoms with Crippen LogP contribution in [0.3, 0.4) is 0 Å². The Kier molecular flexibility index (Phi) is 4.38. The van der Waals surface area contributed by atoms with E-state index in [-0.39, 0.29) is 17.5 Å². The first-order chi connectivity index (χ1) is 11.1. The fraction of sp³-hybridized carbons (Fsp3) is 0.438. The summed E-state index contributed by atoms with van der Waals surface area (Å²) in [5.74, 6) is 0.454. The minimum Gasteiger partial charge on any atom is -0.338 e. The van der Waals surface area contributed by atoms with Crippen LogP contribution in [0, 0.1) is 12.7 Å². The number of nitrogens with zero attached hydrogens (tertiary/aromatic N) is 4. The number of hydrogen-bond donors (Lipinski definition) is 0. The first-order valence-electron chi connectivity index (χ1n) is 7.64. The zero-order valence-electron chi connectivity index (χ0n) is 13.2. The maximum Gasteiger partial charge on any atom is 0.256 e. The van der Waals surface area contributed by atoms with Crippen LogP contribution >= 0.6 is 0 Å². The summed E-state index contributed by atoms with van der Waals surface area (Å²) in [5, 5.41) is 3.81. The molecule has 2 heterocycles. The summed E-state index contributed by atoms with van der Waals surface area (Å²) < 4.78 is 18.9. The Balaban J connectivity index is 1.62. The van der Waals surface area contributed by atoms with Gasteiger partial charge in [0.1, 0.15) is 5.82 Å². The lowest BCUT2D eigenvalue weighted by atomic mass is 10.1. The molecule has 7 heteroatoms. The second kappa shape index (κ2) is 6.45. The van der Waals surface area contributed by atoms with Gasteiger partial charge in [0.2, 0.25) is 5.89 Å². The summed E-state index contributed by atoms with van der Waals surface area (Å²) >= 11 is 0. The Morgan fingerprint density at radius 2 is 1.96 bits per heavy atom. The molecule has 0 bridgehead atoms. The molecule has 1 aliphatic rings. The van der Waals surface area contributed by atoms with Crippen molar-refractivity contribution in [3.05, 3.63) is 47.4 Å². The largest absolute Gasteiger partial charge is 0.338 e. The molecule has 1 aliphatic heterocycles. The van der Waals surface area contributed by atoms with Crippen LogP contribution in [0.1, 0.15) is 35.0 Å². The number of aromatic nitrogens is 2. The quantitative estimate of drug-likeness (QED) is 0.866. The van der Waals surface area contributed by atoms with Crippen LogP contribution in [0.2, 0.25) is 0 Å². The van der Waals surface area contributed by atoms with E-state index in [4.69, 9.17) is 4.52 Å². The predicted molar refractivity (Wildman–Crippen MR) is 81.3 cm³/mol. The second-order valence-corrected chi connectivity index (χ2v) is 5.66. The van der Waals surface area contributed by atoms with E-state index < -0.39 is 5.82 Å². The zero-order chi connectivity index (χ0) is 16.4. The lowest BCUT2D eigenvalue weighted by Crippen LogP contribution is -2.49. The molecule has 1 atom stereocenters. The maximum absolute atomic E-state index is 13.7. The number of carbonyl (C=O) groups is 1. The molecular formula is C16H19FN4O2. The molecule has 0 unspecified atom stereocenters. The molecule has 0 spiro atoms. The summed E-state index contributed by atoms with van der Waals surface area (Å²) in [6, 6.07) is 6.09. The van der Waals surface area contributed by atoms with E-state index in [2.05, 4.69) is 15.0 Å². The van der Waals surface area contributed by atoms with Gasteiger partial charge in [-0.2, -0.15) is 4.98 Å². The van der Waals surface area contributed by atoms with Crippen molar-refractivity contribution in [2.45, 2.75) is 19.9 Å². The third-order valence-corrected chi connectivity index (χ3v) is 4.15. The first kappa shape index (κ1) is 15.6. The molecule has 2 aromatic rings. The lowest BCUT2D eigenvalue weighted by molar-refractivity contribution is 0.0547. The Morgan fingerprint density at radius 1 is 1.26 bits per heavy atom. The summed E-state index contributed by atoms with van der Waals surface area (Å²) in [7, 11) is 0. The number of halogens is 1. The normalized spacial score (nSPS) is 17.3. The van der Waals surface area contributed by atoms with E-state index in [1.165, 1.54) is 12.1 Å². The number of carbonyl (C=O) groups excluding carboxylic acids is 1. The number of hydrogen-bond acceptors (Lipinski definition) is 5. The summed E-state index contributed by atoms with van der Waals surface area (Å²) in [4.78, 5) is 20.5. The second-order valence-electron chi connectivity index (χ2n) is 5.66. The van der Waals surface area contributed by atoms with Crippen molar-refractivity contribution < 1.29 is 13.7 Å². The van der Waals surface area contributed by atoms with Crippen LogP contribution in [0.4, 0.5) is 4.39 Å². The summed E-state index contributed by atoms with van der Waals surface area (Å²) in [6.07, 6.45) is 0. The molecule has 1 fully saturated rings. The van der Waals surface area contributed by atoms with Gasteiger partial charge in [-0.25, -0.2) is 4.39 Å². The Bertz CT molecular complexity index is 695. The van der Waals surface area contributed by atoms with E-state index in [9.17, 15) is 9.18 Å². The van der Waals surface area contributed by atoms with Gasteiger partial charge in [-0.3, -0.25) is 9.69 Å². The van der Waals surface area contributed by atoms with Crippen molar-refractivity contribution in [2.75, 3.05) is 26.2 Å². The highest BCUT2D eigenvalue weighted by Gasteiger charge is 2.28. The van der Waals surface area contributed by atoms with Crippen LogP contribution < -0.4 is 0 Å². The SMILES string of the molecule is Cc1noc([C@@H](C)N2CCN(C(=O)c3ccccc3F)CC2)n1. The molecule has 3 rings (SSSR count). The number of benzene rings is 1. The van der Waals surface area contributed by atoms with Gasteiger partial charge in [0, 0.05) is 26.2 Å². The Morgan fingerprint density at radius 3 is 2.57 bits per heavy atom. The molecule has 1 amide bonds. The van der Waals surface area contributed by atoms with Crippen LogP contribution in [-0.4, -0.2) is 52.0 Å². The summed E-state index contributed by atoms with van der Waals surface area (Å²) in [6.45, 7) is 6.24. The molecular weight excluding hydrogens is 299 g/mol. The monoisotopic (exact) mass is 318 g/mol. The van der Waals surface area contributed by atoms with Gasteiger partial charge in [-0.15, -0.1) is 0 Å². The highest BCUT2D eigenvalue weighted by atomic mass is 19.1. The fourth-order valence-corrected chi connectivity index (χ4v) is 2.76. The third-order valence-electron chi connectivity index (χ3n) is 4.15. The average molecular weight is 318 g/mol. The third kappa shape index (κ3) is 3.24. The molecule has 1 aromatic carbocycles. The first-order valence-corrected chi connectivity index (χ1v) is 7.64. The van der Waals surface area contributed by atoms with Crippen molar-refractivity contribution in [3.63, 3.8) is 0 Å². The van der Waals surface area contributed by atoms with Crippen molar-refractivity contribution >= 4 is 5.91 Å². The predicted octanol–water partition coefficient (Wildman–Crippen LogP) is 2.04. The van der Waals surface area contributed by atoms with Crippen LogP contribution in [-0.2, 0) is 0 Å². The van der Waals surface area contributed by atoms with Crippen molar-refractivity contribution in [1.29, 1.82) is 0 Å². The average Bonchev–Trinajstić information content (AvgIpc) is 3.01. The van der Waals surface area contributed by atoms with Crippen LogP contribution in [0.15, 0.2) is 28.8 Å². The molecule has 6 nitrogen and oxygen atoms in total. The molecule has 122 valence electrons. The lowest BCUT2D eigenvalue weighted by Gasteiger charge is -2.36. The topological polar surface area (TPSA) is 62.5 Å². The maximum atomic E-state index is 13.7. The molecule has 0 N–H and O–H groups in total. The van der Waals surface area contributed by atoms with Gasteiger partial charge in [-0.05, 0) is 26.0 Å². The van der Waals surface area contributed by atoms with Crippen LogP contribution in [0.25, 0.3) is 0 Å². The molecule has 0 radical (unpaired) electrons. The smallest absolute Gasteiger partial charge is 0.256 e. The highest BCUT2D eigenvalue weighted by molar-refractivity contribution is 5.94. The van der Waals surface area contributed by atoms with Gasteiger partial charge in [0.15, 0.2) is 5.82 Å². The van der Waals surface area contributed by atoms with E-state index in [0.29, 0.717) is 37.9 Å². The van der Waals surface area contributed by atoms with E-state index in [0.717, 1.165) is 0 Å². The number of amides is 1. The standard InChI is InChI=1S/C16H19FN4O2/c1-11(15-18-12(2)19-23-15)20-7-9-21(10-8-20)16(22)13-5-3-4-6-14(13)17/h3-6,11H,7-10H2,1-2H3/t11-/m1/s1. The van der Waals surface area contributed by atoms with E-state index >= 15 is 0 Å². The fourth-order valence-electron chi connectivity index (χ4n) is 2.76. The van der Waals surface area contributed by atoms with Crippen molar-refractivity contribution in [3.8, 4) is 0 Å². The van der Waals surface area contributed by atoms with Crippen LogP contribution in [0.5, 0.6) is 0 Å². The number of aryl methyl sites for hydroxylation is 1.